The van der Waals surface area contributed by atoms with Gasteiger partial charge in [0.25, 0.3) is 0 Å². The van der Waals surface area contributed by atoms with Crippen molar-refractivity contribution in [3.05, 3.63) is 94.5 Å². The van der Waals surface area contributed by atoms with Crippen LogP contribution >= 0.6 is 11.3 Å². The highest BCUT2D eigenvalue weighted by molar-refractivity contribution is 7.22. The van der Waals surface area contributed by atoms with Crippen LogP contribution in [0, 0.1) is 13.8 Å². The highest BCUT2D eigenvalue weighted by Crippen LogP contribution is 2.41. The van der Waals surface area contributed by atoms with Crippen LogP contribution in [-0.4, -0.2) is 29.3 Å². The number of fused-ring (bicyclic) bond motifs is 2. The van der Waals surface area contributed by atoms with Crippen LogP contribution in [0.1, 0.15) is 51.6 Å². The van der Waals surface area contributed by atoms with Crippen molar-refractivity contribution in [2.75, 3.05) is 13.2 Å². The topological polar surface area (TPSA) is 68.7 Å². The van der Waals surface area contributed by atoms with E-state index < -0.39 is 5.97 Å². The van der Waals surface area contributed by atoms with E-state index in [2.05, 4.69) is 43.3 Å². The molecule has 1 aliphatic rings. The van der Waals surface area contributed by atoms with E-state index in [1.165, 1.54) is 10.9 Å². The van der Waals surface area contributed by atoms with Crippen LogP contribution in [0.5, 0.6) is 5.75 Å². The molecule has 3 heterocycles. The molecular weight excluding hydrogens is 482 g/mol. The Morgan fingerprint density at radius 2 is 1.84 bits per heavy atom. The number of nitrogens with zero attached hydrogens (tertiary/aromatic N) is 1. The van der Waals surface area contributed by atoms with Gasteiger partial charge < -0.3 is 14.6 Å². The number of hydrogen-bond donors (Lipinski definition) is 1. The minimum absolute atomic E-state index is 0.197. The molecule has 0 radical (unpaired) electrons. The molecule has 1 N–H and O–H groups in total. The summed E-state index contributed by atoms with van der Waals surface area (Å²) in [5, 5.41) is 11.9. The van der Waals surface area contributed by atoms with E-state index >= 15 is 0 Å². The molecule has 5 nitrogen and oxygen atoms in total. The van der Waals surface area contributed by atoms with Crippen LogP contribution in [0.25, 0.3) is 31.6 Å². The third kappa shape index (κ3) is 4.16. The lowest BCUT2D eigenvalue weighted by Crippen LogP contribution is -2.24. The number of hydrogen-bond acceptors (Lipinski definition) is 5. The second-order valence-electron chi connectivity index (χ2n) is 9.68. The molecule has 0 unspecified atom stereocenters. The van der Waals surface area contributed by atoms with Gasteiger partial charge in [-0.05, 0) is 66.6 Å². The van der Waals surface area contributed by atoms with Gasteiger partial charge >= 0.3 is 5.97 Å². The molecule has 5 aromatic rings. The Morgan fingerprint density at radius 3 is 2.51 bits per heavy atom. The number of pyridine rings is 1. The van der Waals surface area contributed by atoms with Gasteiger partial charge in [0.15, 0.2) is 0 Å². The van der Waals surface area contributed by atoms with Gasteiger partial charge in [-0.1, -0.05) is 48.5 Å². The Hall–Kier alpha value is -3.74. The Morgan fingerprint density at radius 1 is 1.08 bits per heavy atom. The van der Waals surface area contributed by atoms with E-state index in [4.69, 9.17) is 14.5 Å². The number of rotatable bonds is 6. The third-order valence-corrected chi connectivity index (χ3v) is 8.55. The summed E-state index contributed by atoms with van der Waals surface area (Å²) >= 11 is 1.64. The molecule has 3 aromatic carbocycles. The molecule has 0 saturated carbocycles. The molecule has 1 atom stereocenters. The summed E-state index contributed by atoms with van der Waals surface area (Å²) in [6, 6.07) is 22.1. The maximum Gasteiger partial charge on any atom is 0.336 e. The molecular formula is C31H27NO4S. The van der Waals surface area contributed by atoms with Crippen molar-refractivity contribution >= 4 is 38.3 Å². The van der Waals surface area contributed by atoms with Gasteiger partial charge in [0.05, 0.1) is 40.3 Å². The highest BCUT2D eigenvalue weighted by atomic mass is 32.1. The minimum Gasteiger partial charge on any atom is -0.485 e. The first-order valence-corrected chi connectivity index (χ1v) is 13.2. The lowest BCUT2D eigenvalue weighted by molar-refractivity contribution is 0.00840. The average molecular weight is 510 g/mol. The van der Waals surface area contributed by atoms with E-state index in [9.17, 15) is 9.90 Å². The van der Waals surface area contributed by atoms with E-state index in [-0.39, 0.29) is 11.7 Å². The van der Waals surface area contributed by atoms with Gasteiger partial charge in [-0.3, -0.25) is 0 Å². The molecule has 0 bridgehead atoms. The van der Waals surface area contributed by atoms with Crippen LogP contribution in [-0.2, 0) is 4.74 Å². The number of carboxylic acid groups (broad SMARTS) is 1. The Bertz CT molecular complexity index is 1650. The number of benzene rings is 3. The predicted molar refractivity (Wildman–Crippen MR) is 148 cm³/mol. The molecule has 1 saturated heterocycles. The van der Waals surface area contributed by atoms with Crippen molar-refractivity contribution in [1.29, 1.82) is 0 Å². The zero-order chi connectivity index (χ0) is 25.7. The summed E-state index contributed by atoms with van der Waals surface area (Å²) in [6.45, 7) is 7.55. The van der Waals surface area contributed by atoms with Crippen molar-refractivity contribution in [2.24, 2.45) is 0 Å². The van der Waals surface area contributed by atoms with Crippen molar-refractivity contribution in [2.45, 2.75) is 32.8 Å². The highest BCUT2D eigenvalue weighted by Gasteiger charge is 2.23. The van der Waals surface area contributed by atoms with E-state index in [1.54, 1.807) is 17.4 Å². The number of ether oxygens (including phenoxy) is 2. The SMILES string of the molecule is Cc1c(-c2cc(C(=O)O)c3c(O[C@@H](C)c4ccc(C5COC5)cc4)ccc(C)c3n2)sc2ccccc12. The van der Waals surface area contributed by atoms with Gasteiger partial charge in [-0.25, -0.2) is 9.78 Å². The van der Waals surface area contributed by atoms with Gasteiger partial charge in [0.2, 0.25) is 0 Å². The number of carbonyl (C=O) groups is 1. The Kier molecular flexibility index (Phi) is 5.94. The fourth-order valence-corrected chi connectivity index (χ4v) is 6.14. The molecule has 0 spiro atoms. The summed E-state index contributed by atoms with van der Waals surface area (Å²) in [7, 11) is 0. The van der Waals surface area contributed by atoms with E-state index in [0.29, 0.717) is 28.3 Å². The molecule has 0 aliphatic carbocycles. The Labute approximate surface area is 219 Å². The standard InChI is InChI=1S/C31H27NO4S/c1-17-8-13-26(36-19(3)20-9-11-21(12-10-20)22-15-35-16-22)28-24(31(33)34)14-25(32-29(17)28)30-18(2)23-6-4-5-7-27(23)37-30/h4-14,19,22H,15-16H2,1-3H3,(H,33,34)/t19-/m0/s1. The van der Waals surface area contributed by atoms with Gasteiger partial charge in [-0.2, -0.15) is 0 Å². The predicted octanol–water partition coefficient (Wildman–Crippen LogP) is 7.69. The molecule has 6 rings (SSSR count). The molecule has 186 valence electrons. The lowest BCUT2D eigenvalue weighted by Gasteiger charge is -2.26. The third-order valence-electron chi connectivity index (χ3n) is 7.25. The maximum atomic E-state index is 12.5. The number of thiophene rings is 1. The largest absolute Gasteiger partial charge is 0.485 e. The fourth-order valence-electron chi connectivity index (χ4n) is 4.97. The van der Waals surface area contributed by atoms with Crippen LogP contribution in [0.2, 0.25) is 0 Å². The fraction of sp³-hybridized carbons (Fsp3) is 0.226. The molecule has 6 heteroatoms. The molecule has 1 fully saturated rings. The number of aromatic carboxylic acids is 1. The maximum absolute atomic E-state index is 12.5. The second kappa shape index (κ2) is 9.29. The molecule has 37 heavy (non-hydrogen) atoms. The van der Waals surface area contributed by atoms with Crippen molar-refractivity contribution in [1.82, 2.24) is 4.98 Å². The number of carboxylic acids is 1. The lowest BCUT2D eigenvalue weighted by atomic mass is 9.96. The monoisotopic (exact) mass is 509 g/mol. The summed E-state index contributed by atoms with van der Waals surface area (Å²) < 4.78 is 12.9. The van der Waals surface area contributed by atoms with Gasteiger partial charge in [0.1, 0.15) is 11.9 Å². The summed E-state index contributed by atoms with van der Waals surface area (Å²) in [5.74, 6) is -0.00837. The second-order valence-corrected chi connectivity index (χ2v) is 10.7. The average Bonchev–Trinajstić information content (AvgIpc) is 3.21. The first-order chi connectivity index (χ1) is 17.9. The summed E-state index contributed by atoms with van der Waals surface area (Å²) in [5.41, 5.74) is 5.83. The van der Waals surface area contributed by atoms with Crippen molar-refractivity contribution in [3.63, 3.8) is 0 Å². The smallest absolute Gasteiger partial charge is 0.336 e. The zero-order valence-corrected chi connectivity index (χ0v) is 21.8. The molecule has 2 aromatic heterocycles. The van der Waals surface area contributed by atoms with Crippen LogP contribution < -0.4 is 4.74 Å². The van der Waals surface area contributed by atoms with Crippen LogP contribution in [0.15, 0.2) is 66.7 Å². The summed E-state index contributed by atoms with van der Waals surface area (Å²) in [4.78, 5) is 18.5. The molecule has 1 aliphatic heterocycles. The van der Waals surface area contributed by atoms with Gasteiger partial charge in [0, 0.05) is 10.6 Å². The van der Waals surface area contributed by atoms with Crippen LogP contribution in [0.4, 0.5) is 0 Å². The van der Waals surface area contributed by atoms with Crippen LogP contribution in [0.3, 0.4) is 0 Å². The van der Waals surface area contributed by atoms with Gasteiger partial charge in [-0.15, -0.1) is 11.3 Å². The Balaban J connectivity index is 1.42. The minimum atomic E-state index is -0.998. The van der Waals surface area contributed by atoms with Crippen molar-refractivity contribution in [3.8, 4) is 16.3 Å². The van der Waals surface area contributed by atoms with Crippen molar-refractivity contribution < 1.29 is 19.4 Å². The quantitative estimate of drug-likeness (QED) is 0.254. The van der Waals surface area contributed by atoms with E-state index in [0.717, 1.165) is 39.5 Å². The normalized spacial score (nSPS) is 14.6. The first-order valence-electron chi connectivity index (χ1n) is 12.4. The number of aryl methyl sites for hydroxylation is 2. The summed E-state index contributed by atoms with van der Waals surface area (Å²) in [6.07, 6.45) is -0.260. The molecule has 0 amide bonds. The van der Waals surface area contributed by atoms with E-state index in [1.807, 2.05) is 38.1 Å². The number of aromatic nitrogens is 1. The zero-order valence-electron chi connectivity index (χ0n) is 20.9. The first kappa shape index (κ1) is 23.6.